The van der Waals surface area contributed by atoms with Crippen molar-refractivity contribution in [2.45, 2.75) is 6.61 Å². The van der Waals surface area contributed by atoms with E-state index in [2.05, 4.69) is 10.5 Å². The van der Waals surface area contributed by atoms with E-state index < -0.39 is 11.7 Å². The van der Waals surface area contributed by atoms with Crippen LogP contribution in [0.2, 0.25) is 10.0 Å². The number of amides is 1. The van der Waals surface area contributed by atoms with Crippen molar-refractivity contribution in [1.29, 1.82) is 5.26 Å². The summed E-state index contributed by atoms with van der Waals surface area (Å²) in [5.74, 6) is -0.999. The number of carbonyl (C=O) groups excluding carboxylic acids is 1. The van der Waals surface area contributed by atoms with Crippen LogP contribution in [0.5, 0.6) is 5.75 Å². The third kappa shape index (κ3) is 5.35. The van der Waals surface area contributed by atoms with Gasteiger partial charge in [-0.25, -0.2) is 9.82 Å². The molecule has 0 fully saturated rings. The number of hydrogen-bond donors (Lipinski definition) is 1. The Morgan fingerprint density at radius 2 is 1.93 bits per heavy atom. The zero-order valence-corrected chi connectivity index (χ0v) is 16.9. The minimum atomic E-state index is -0.799. The molecule has 0 unspecified atom stereocenters. The number of para-hydroxylation sites is 1. The fourth-order valence-electron chi connectivity index (χ4n) is 2.50. The number of halogens is 3. The first-order valence-electron chi connectivity index (χ1n) is 8.66. The van der Waals surface area contributed by atoms with E-state index in [1.54, 1.807) is 48.5 Å². The van der Waals surface area contributed by atoms with Gasteiger partial charge in [0, 0.05) is 5.56 Å². The monoisotopic (exact) mass is 441 g/mol. The molecule has 0 aromatic heterocycles. The highest BCUT2D eigenvalue weighted by molar-refractivity contribution is 6.42. The number of ether oxygens (including phenoxy) is 1. The van der Waals surface area contributed by atoms with Crippen LogP contribution in [-0.4, -0.2) is 12.1 Å². The molecule has 0 heterocycles. The highest BCUT2D eigenvalue weighted by Gasteiger charge is 2.11. The van der Waals surface area contributed by atoms with E-state index in [-0.39, 0.29) is 17.7 Å². The molecule has 3 aromatic rings. The molecule has 5 nitrogen and oxygen atoms in total. The molecule has 0 aliphatic rings. The lowest BCUT2D eigenvalue weighted by Crippen LogP contribution is -2.19. The summed E-state index contributed by atoms with van der Waals surface area (Å²) in [4.78, 5) is 12.1. The van der Waals surface area contributed by atoms with E-state index >= 15 is 0 Å². The van der Waals surface area contributed by atoms with Gasteiger partial charge in [0.25, 0.3) is 5.91 Å². The summed E-state index contributed by atoms with van der Waals surface area (Å²) < 4.78 is 19.7. The molecule has 3 rings (SSSR count). The Bertz CT molecular complexity index is 1160. The van der Waals surface area contributed by atoms with Crippen molar-refractivity contribution < 1.29 is 13.9 Å². The van der Waals surface area contributed by atoms with Crippen LogP contribution in [0.15, 0.2) is 65.8 Å². The fraction of sp³-hybridized carbons (Fsp3) is 0.0455. The van der Waals surface area contributed by atoms with E-state index in [1.165, 1.54) is 18.3 Å². The summed E-state index contributed by atoms with van der Waals surface area (Å²) in [5.41, 5.74) is 3.62. The molecular weight excluding hydrogens is 428 g/mol. The van der Waals surface area contributed by atoms with Gasteiger partial charge in [0.05, 0.1) is 33.5 Å². The molecule has 1 amide bonds. The van der Waals surface area contributed by atoms with Gasteiger partial charge >= 0.3 is 0 Å². The Morgan fingerprint density at radius 1 is 1.13 bits per heavy atom. The second kappa shape index (κ2) is 9.88. The summed E-state index contributed by atoms with van der Waals surface area (Å²) in [7, 11) is 0. The Labute approximate surface area is 182 Å². The van der Waals surface area contributed by atoms with Crippen LogP contribution >= 0.6 is 23.2 Å². The minimum Gasteiger partial charge on any atom is -0.488 e. The molecule has 0 atom stereocenters. The molecular formula is C22H14Cl2FN3O2. The molecule has 150 valence electrons. The molecule has 0 aliphatic carbocycles. The van der Waals surface area contributed by atoms with Crippen molar-refractivity contribution in [1.82, 2.24) is 5.43 Å². The van der Waals surface area contributed by atoms with Crippen LogP contribution in [0.4, 0.5) is 4.39 Å². The zero-order valence-electron chi connectivity index (χ0n) is 15.4. The predicted octanol–water partition coefficient (Wildman–Crippen LogP) is 5.35. The van der Waals surface area contributed by atoms with Crippen LogP contribution in [0, 0.1) is 17.1 Å². The van der Waals surface area contributed by atoms with Crippen molar-refractivity contribution >= 4 is 35.3 Å². The standard InChI is InChI=1S/C22H14Cl2FN3O2/c23-18-8-6-15(9-19(18)24)13-30-21-4-2-1-3-16(21)12-27-28-22(29)17-7-5-14(11-26)10-20(17)25/h1-10,12H,13H2,(H,28,29)/b27-12-. The highest BCUT2D eigenvalue weighted by atomic mass is 35.5. The van der Waals surface area contributed by atoms with Gasteiger partial charge in [-0.2, -0.15) is 10.4 Å². The molecule has 0 aliphatic heterocycles. The number of nitrogens with one attached hydrogen (secondary N) is 1. The first kappa shape index (κ1) is 21.3. The van der Waals surface area contributed by atoms with Crippen LogP contribution in [-0.2, 0) is 6.61 Å². The van der Waals surface area contributed by atoms with Gasteiger partial charge in [-0.3, -0.25) is 4.79 Å². The summed E-state index contributed by atoms with van der Waals surface area (Å²) in [6.07, 6.45) is 1.39. The predicted molar refractivity (Wildman–Crippen MR) is 113 cm³/mol. The van der Waals surface area contributed by atoms with Gasteiger partial charge in [-0.1, -0.05) is 41.4 Å². The smallest absolute Gasteiger partial charge is 0.274 e. The van der Waals surface area contributed by atoms with Crippen LogP contribution in [0.3, 0.4) is 0 Å². The van der Waals surface area contributed by atoms with Crippen molar-refractivity contribution in [3.05, 3.63) is 98.8 Å². The van der Waals surface area contributed by atoms with Crippen molar-refractivity contribution in [2.75, 3.05) is 0 Å². The molecule has 1 N–H and O–H groups in total. The average Bonchev–Trinajstić information content (AvgIpc) is 2.75. The number of nitrogens with zero attached hydrogens (tertiary/aromatic N) is 2. The molecule has 0 radical (unpaired) electrons. The van der Waals surface area contributed by atoms with Gasteiger partial charge in [-0.05, 0) is 48.0 Å². The summed E-state index contributed by atoms with van der Waals surface area (Å²) in [5, 5.41) is 13.5. The van der Waals surface area contributed by atoms with Gasteiger partial charge in [0.2, 0.25) is 0 Å². The Kier molecular flexibility index (Phi) is 7.02. The Morgan fingerprint density at radius 3 is 2.67 bits per heavy atom. The number of carbonyl (C=O) groups is 1. The van der Waals surface area contributed by atoms with E-state index in [9.17, 15) is 9.18 Å². The first-order chi connectivity index (χ1) is 14.5. The van der Waals surface area contributed by atoms with Crippen molar-refractivity contribution in [2.24, 2.45) is 5.10 Å². The molecule has 8 heteroatoms. The van der Waals surface area contributed by atoms with Crippen LogP contribution in [0.1, 0.15) is 27.0 Å². The SMILES string of the molecule is N#Cc1ccc(C(=O)N/N=C\c2ccccc2OCc2ccc(Cl)c(Cl)c2)c(F)c1. The second-order valence-electron chi connectivity index (χ2n) is 6.08. The highest BCUT2D eigenvalue weighted by Crippen LogP contribution is 2.24. The van der Waals surface area contributed by atoms with Crippen LogP contribution in [0.25, 0.3) is 0 Å². The van der Waals surface area contributed by atoms with Gasteiger partial charge < -0.3 is 4.74 Å². The van der Waals surface area contributed by atoms with E-state index in [0.717, 1.165) is 11.6 Å². The molecule has 3 aromatic carbocycles. The minimum absolute atomic E-state index is 0.126. The summed E-state index contributed by atoms with van der Waals surface area (Å²) in [6, 6.07) is 17.7. The number of rotatable bonds is 6. The van der Waals surface area contributed by atoms with Crippen molar-refractivity contribution in [3.8, 4) is 11.8 Å². The first-order valence-corrected chi connectivity index (χ1v) is 9.42. The van der Waals surface area contributed by atoms with Crippen LogP contribution < -0.4 is 10.2 Å². The van der Waals surface area contributed by atoms with Gasteiger partial charge in [0.1, 0.15) is 18.2 Å². The lowest BCUT2D eigenvalue weighted by molar-refractivity contribution is 0.0951. The third-order valence-corrected chi connectivity index (χ3v) is 4.75. The molecule has 0 spiro atoms. The zero-order chi connectivity index (χ0) is 21.5. The van der Waals surface area contributed by atoms with E-state index in [0.29, 0.717) is 21.4 Å². The number of benzene rings is 3. The summed E-state index contributed by atoms with van der Waals surface area (Å²) >= 11 is 11.9. The quantitative estimate of drug-likeness (QED) is 0.413. The largest absolute Gasteiger partial charge is 0.488 e. The summed E-state index contributed by atoms with van der Waals surface area (Å²) in [6.45, 7) is 0.255. The van der Waals surface area contributed by atoms with E-state index in [4.69, 9.17) is 33.2 Å². The van der Waals surface area contributed by atoms with Gasteiger partial charge in [0.15, 0.2) is 0 Å². The topological polar surface area (TPSA) is 74.5 Å². The number of hydrogen-bond acceptors (Lipinski definition) is 4. The fourth-order valence-corrected chi connectivity index (χ4v) is 2.82. The maximum atomic E-state index is 13.9. The van der Waals surface area contributed by atoms with Crippen molar-refractivity contribution in [3.63, 3.8) is 0 Å². The lowest BCUT2D eigenvalue weighted by Gasteiger charge is -2.09. The lowest BCUT2D eigenvalue weighted by atomic mass is 10.1. The average molecular weight is 442 g/mol. The number of hydrazone groups is 1. The molecule has 0 saturated carbocycles. The number of nitriles is 1. The Hall–Kier alpha value is -3.40. The van der Waals surface area contributed by atoms with Gasteiger partial charge in [-0.15, -0.1) is 0 Å². The normalized spacial score (nSPS) is 10.6. The second-order valence-corrected chi connectivity index (χ2v) is 6.89. The maximum absolute atomic E-state index is 13.9. The maximum Gasteiger partial charge on any atom is 0.274 e. The molecule has 0 bridgehead atoms. The molecule has 0 saturated heterocycles. The Balaban J connectivity index is 1.67. The third-order valence-electron chi connectivity index (χ3n) is 4.01. The van der Waals surface area contributed by atoms with E-state index in [1.807, 2.05) is 0 Å². The molecule has 30 heavy (non-hydrogen) atoms.